The maximum atomic E-state index is 5.55. The first kappa shape index (κ1) is 9.01. The Bertz CT molecular complexity index is 97.7. The van der Waals surface area contributed by atoms with E-state index in [0.717, 1.165) is 12.6 Å². The number of hydrogen-bond acceptors (Lipinski definition) is 2. The number of rotatable bonds is 4. The fraction of sp³-hybridized carbons (Fsp3) is 1.00. The first-order valence-electron chi connectivity index (χ1n) is 4.82. The smallest absolute Gasteiger partial charge is 0.0105 e. The lowest BCUT2D eigenvalue weighted by Crippen LogP contribution is -2.33. The zero-order valence-electron chi connectivity index (χ0n) is 7.55. The van der Waals surface area contributed by atoms with Crippen LogP contribution in [0.2, 0.25) is 0 Å². The average Bonchev–Trinajstić information content (AvgIpc) is 2.52. The molecule has 11 heavy (non-hydrogen) atoms. The Balaban J connectivity index is 2.27. The molecule has 0 bridgehead atoms. The largest absolute Gasteiger partial charge is 0.330 e. The van der Waals surface area contributed by atoms with E-state index in [4.69, 9.17) is 5.73 Å². The third kappa shape index (κ3) is 2.46. The van der Waals surface area contributed by atoms with Crippen LogP contribution in [0, 0.1) is 0 Å². The van der Waals surface area contributed by atoms with Crippen LogP contribution in [-0.4, -0.2) is 30.6 Å². The summed E-state index contributed by atoms with van der Waals surface area (Å²) in [5, 5.41) is 0. The molecule has 0 saturated carbocycles. The second-order valence-corrected chi connectivity index (χ2v) is 3.38. The molecule has 0 aromatic heterocycles. The fourth-order valence-electron chi connectivity index (χ4n) is 1.94. The summed E-state index contributed by atoms with van der Waals surface area (Å²) in [5.41, 5.74) is 5.55. The lowest BCUT2D eigenvalue weighted by molar-refractivity contribution is 0.227. The first-order valence-corrected chi connectivity index (χ1v) is 4.82. The first-order chi connectivity index (χ1) is 5.38. The highest BCUT2D eigenvalue weighted by atomic mass is 15.2. The van der Waals surface area contributed by atoms with E-state index < -0.39 is 0 Å². The number of likely N-dealkylation sites (tertiary alicyclic amines) is 1. The van der Waals surface area contributed by atoms with Gasteiger partial charge in [-0.1, -0.05) is 6.92 Å². The van der Waals surface area contributed by atoms with Crippen LogP contribution < -0.4 is 5.73 Å². The molecule has 1 unspecified atom stereocenters. The van der Waals surface area contributed by atoms with Crippen LogP contribution >= 0.6 is 0 Å². The van der Waals surface area contributed by atoms with Gasteiger partial charge in [-0.2, -0.15) is 0 Å². The lowest BCUT2D eigenvalue weighted by atomic mass is 10.1. The van der Waals surface area contributed by atoms with Gasteiger partial charge in [0.2, 0.25) is 0 Å². The highest BCUT2D eigenvalue weighted by Gasteiger charge is 2.18. The number of nitrogens with zero attached hydrogens (tertiary/aromatic N) is 1. The lowest BCUT2D eigenvalue weighted by Gasteiger charge is -2.25. The molecule has 1 fully saturated rings. The van der Waals surface area contributed by atoms with Crippen molar-refractivity contribution in [2.45, 2.75) is 38.6 Å². The maximum Gasteiger partial charge on any atom is 0.0105 e. The summed E-state index contributed by atoms with van der Waals surface area (Å²) in [6.45, 7) is 5.71. The third-order valence-corrected chi connectivity index (χ3v) is 2.63. The van der Waals surface area contributed by atoms with Gasteiger partial charge in [-0.05, 0) is 45.3 Å². The molecule has 1 aliphatic heterocycles. The summed E-state index contributed by atoms with van der Waals surface area (Å²) in [7, 11) is 0. The van der Waals surface area contributed by atoms with Gasteiger partial charge in [-0.15, -0.1) is 0 Å². The molecule has 0 aromatic carbocycles. The van der Waals surface area contributed by atoms with Gasteiger partial charge < -0.3 is 10.6 Å². The number of nitrogens with two attached hydrogens (primary N) is 1. The van der Waals surface area contributed by atoms with Crippen molar-refractivity contribution in [3.8, 4) is 0 Å². The van der Waals surface area contributed by atoms with Crippen molar-refractivity contribution in [1.82, 2.24) is 4.90 Å². The second kappa shape index (κ2) is 4.73. The average molecular weight is 156 g/mol. The van der Waals surface area contributed by atoms with E-state index in [1.165, 1.54) is 38.8 Å². The van der Waals surface area contributed by atoms with E-state index in [1.807, 2.05) is 0 Å². The fourth-order valence-corrected chi connectivity index (χ4v) is 1.94. The quantitative estimate of drug-likeness (QED) is 0.663. The molecule has 2 N–H and O–H groups in total. The van der Waals surface area contributed by atoms with Gasteiger partial charge in [0.1, 0.15) is 0 Å². The van der Waals surface area contributed by atoms with E-state index in [1.54, 1.807) is 0 Å². The van der Waals surface area contributed by atoms with Crippen LogP contribution in [0.3, 0.4) is 0 Å². The monoisotopic (exact) mass is 156 g/mol. The standard InChI is InChI=1S/C9H20N2/c1-2-9(5-6-10)11-7-3-4-8-11/h9H,2-8,10H2,1H3. The zero-order valence-corrected chi connectivity index (χ0v) is 7.55. The van der Waals surface area contributed by atoms with Crippen molar-refractivity contribution in [1.29, 1.82) is 0 Å². The zero-order chi connectivity index (χ0) is 8.10. The van der Waals surface area contributed by atoms with Crippen molar-refractivity contribution in [2.75, 3.05) is 19.6 Å². The topological polar surface area (TPSA) is 29.3 Å². The highest BCUT2D eigenvalue weighted by molar-refractivity contribution is 4.75. The molecule has 2 nitrogen and oxygen atoms in total. The van der Waals surface area contributed by atoms with Crippen LogP contribution in [-0.2, 0) is 0 Å². The van der Waals surface area contributed by atoms with Crippen molar-refractivity contribution >= 4 is 0 Å². The second-order valence-electron chi connectivity index (χ2n) is 3.38. The molecule has 1 atom stereocenters. The van der Waals surface area contributed by atoms with Crippen molar-refractivity contribution in [3.63, 3.8) is 0 Å². The third-order valence-electron chi connectivity index (χ3n) is 2.63. The van der Waals surface area contributed by atoms with E-state index in [-0.39, 0.29) is 0 Å². The van der Waals surface area contributed by atoms with Crippen molar-refractivity contribution in [3.05, 3.63) is 0 Å². The van der Waals surface area contributed by atoms with Crippen LogP contribution in [0.4, 0.5) is 0 Å². The van der Waals surface area contributed by atoms with Crippen LogP contribution in [0.15, 0.2) is 0 Å². The summed E-state index contributed by atoms with van der Waals surface area (Å²) in [5.74, 6) is 0. The Kier molecular flexibility index (Phi) is 3.87. The summed E-state index contributed by atoms with van der Waals surface area (Å²) in [4.78, 5) is 2.59. The van der Waals surface area contributed by atoms with Crippen molar-refractivity contribution in [2.24, 2.45) is 5.73 Å². The molecule has 0 aromatic rings. The molecule has 2 heteroatoms. The molecule has 0 aliphatic carbocycles. The summed E-state index contributed by atoms with van der Waals surface area (Å²) >= 11 is 0. The normalized spacial score (nSPS) is 22.4. The molecular weight excluding hydrogens is 136 g/mol. The van der Waals surface area contributed by atoms with Gasteiger partial charge in [0, 0.05) is 6.04 Å². The molecule has 0 radical (unpaired) electrons. The minimum atomic E-state index is 0.766. The Morgan fingerprint density at radius 1 is 1.36 bits per heavy atom. The molecule has 1 aliphatic rings. The van der Waals surface area contributed by atoms with E-state index >= 15 is 0 Å². The molecule has 1 saturated heterocycles. The number of hydrogen-bond donors (Lipinski definition) is 1. The summed E-state index contributed by atoms with van der Waals surface area (Å²) < 4.78 is 0. The van der Waals surface area contributed by atoms with Gasteiger partial charge in [0.05, 0.1) is 0 Å². The maximum absolute atomic E-state index is 5.55. The minimum absolute atomic E-state index is 0.766. The van der Waals surface area contributed by atoms with Gasteiger partial charge in [0.15, 0.2) is 0 Å². The predicted molar refractivity (Wildman–Crippen MR) is 48.6 cm³/mol. The Morgan fingerprint density at radius 2 is 2.00 bits per heavy atom. The Hall–Kier alpha value is -0.0800. The summed E-state index contributed by atoms with van der Waals surface area (Å²) in [6.07, 6.45) is 5.22. The van der Waals surface area contributed by atoms with Gasteiger partial charge >= 0.3 is 0 Å². The Labute approximate surface area is 69.8 Å². The van der Waals surface area contributed by atoms with Crippen LogP contribution in [0.25, 0.3) is 0 Å². The van der Waals surface area contributed by atoms with Gasteiger partial charge in [-0.3, -0.25) is 0 Å². The Morgan fingerprint density at radius 3 is 2.45 bits per heavy atom. The molecule has 0 amide bonds. The van der Waals surface area contributed by atoms with E-state index in [2.05, 4.69) is 11.8 Å². The minimum Gasteiger partial charge on any atom is -0.330 e. The predicted octanol–water partition coefficient (Wildman–Crippen LogP) is 1.21. The molecule has 0 spiro atoms. The van der Waals surface area contributed by atoms with E-state index in [0.29, 0.717) is 0 Å². The molecule has 1 heterocycles. The van der Waals surface area contributed by atoms with Crippen LogP contribution in [0.5, 0.6) is 0 Å². The van der Waals surface area contributed by atoms with Gasteiger partial charge in [-0.25, -0.2) is 0 Å². The van der Waals surface area contributed by atoms with E-state index in [9.17, 15) is 0 Å². The summed E-state index contributed by atoms with van der Waals surface area (Å²) in [6, 6.07) is 0.766. The van der Waals surface area contributed by atoms with Gasteiger partial charge in [0.25, 0.3) is 0 Å². The van der Waals surface area contributed by atoms with Crippen LogP contribution in [0.1, 0.15) is 32.6 Å². The molecule has 66 valence electrons. The SMILES string of the molecule is CCC(CCN)N1CCCC1. The highest BCUT2D eigenvalue weighted by Crippen LogP contribution is 2.15. The molecule has 1 rings (SSSR count). The molecular formula is C9H20N2. The van der Waals surface area contributed by atoms with Crippen molar-refractivity contribution < 1.29 is 0 Å².